The van der Waals surface area contributed by atoms with Crippen LogP contribution >= 0.6 is 0 Å². The monoisotopic (exact) mass is 175 g/mol. The van der Waals surface area contributed by atoms with Crippen molar-refractivity contribution in [3.05, 3.63) is 0 Å². The lowest BCUT2D eigenvalue weighted by Crippen LogP contribution is -2.67. The van der Waals surface area contributed by atoms with E-state index in [1.54, 1.807) is 0 Å². The molecule has 0 amide bonds. The largest absolute Gasteiger partial charge is 0.389 e. The first kappa shape index (κ1) is 8.40. The number of hydrogen-bond donors (Lipinski definition) is 5. The van der Waals surface area contributed by atoms with Gasteiger partial charge in [-0.15, -0.1) is 0 Å². The third kappa shape index (κ3) is 0.915. The zero-order valence-corrected chi connectivity index (χ0v) is 6.51. The lowest BCUT2D eigenvalue weighted by molar-refractivity contribution is -0.186. The van der Waals surface area contributed by atoms with Gasteiger partial charge in [-0.2, -0.15) is 0 Å². The van der Waals surface area contributed by atoms with Gasteiger partial charge in [0, 0.05) is 6.04 Å². The molecule has 0 aromatic carbocycles. The minimum Gasteiger partial charge on any atom is -0.389 e. The van der Waals surface area contributed by atoms with Gasteiger partial charge in [-0.25, -0.2) is 0 Å². The van der Waals surface area contributed by atoms with Gasteiger partial charge >= 0.3 is 0 Å². The van der Waals surface area contributed by atoms with E-state index in [9.17, 15) is 20.4 Å². The van der Waals surface area contributed by atoms with Gasteiger partial charge in [0.2, 0.25) is 0 Å². The average Bonchev–Trinajstić information content (AvgIpc) is 2.41. The highest BCUT2D eigenvalue weighted by Gasteiger charge is 2.55. The summed E-state index contributed by atoms with van der Waals surface area (Å²) >= 11 is 0. The molecule has 2 heterocycles. The molecule has 2 rings (SSSR count). The van der Waals surface area contributed by atoms with Crippen molar-refractivity contribution in [2.75, 3.05) is 0 Å². The minimum absolute atomic E-state index is 0.298. The van der Waals surface area contributed by atoms with Crippen molar-refractivity contribution >= 4 is 0 Å². The molecule has 5 heteroatoms. The van der Waals surface area contributed by atoms with Crippen LogP contribution in [0.15, 0.2) is 0 Å². The minimum atomic E-state index is -1.40. The van der Waals surface area contributed by atoms with Crippen molar-refractivity contribution in [1.29, 1.82) is 0 Å². The van der Waals surface area contributed by atoms with Crippen LogP contribution in [0, 0.1) is 0 Å². The predicted octanol–water partition coefficient (Wildman–Crippen LogP) is -2.48. The molecule has 0 aliphatic carbocycles. The lowest BCUT2D eigenvalue weighted by Gasteiger charge is -2.40. The van der Waals surface area contributed by atoms with Crippen LogP contribution in [-0.4, -0.2) is 50.5 Å². The number of rotatable bonds is 0. The number of fused-ring (bicyclic) bond motifs is 2. The van der Waals surface area contributed by atoms with Crippen LogP contribution in [0.3, 0.4) is 0 Å². The second-order valence-electron chi connectivity index (χ2n) is 3.64. The molecule has 0 spiro atoms. The first-order valence-electron chi connectivity index (χ1n) is 4.09. The van der Waals surface area contributed by atoms with Crippen LogP contribution < -0.4 is 5.32 Å². The second-order valence-corrected chi connectivity index (χ2v) is 3.64. The summed E-state index contributed by atoms with van der Waals surface area (Å²) in [5.41, 5.74) is -1.40. The van der Waals surface area contributed by atoms with Gasteiger partial charge in [-0.3, -0.25) is 5.32 Å². The van der Waals surface area contributed by atoms with Crippen molar-refractivity contribution in [3.63, 3.8) is 0 Å². The number of aliphatic hydroxyl groups is 4. The molecule has 2 saturated heterocycles. The Bertz CT molecular complexity index is 200. The molecule has 2 aliphatic heterocycles. The smallest absolute Gasteiger partial charge is 0.145 e. The molecule has 2 fully saturated rings. The van der Waals surface area contributed by atoms with E-state index in [0.29, 0.717) is 12.8 Å². The Morgan fingerprint density at radius 1 is 1.17 bits per heavy atom. The molecule has 12 heavy (non-hydrogen) atoms. The SMILES string of the molecule is O[C@@H]1[C@H](O)[C@H](O)[C@]2(O)CC[C@H]1N2. The molecule has 0 aromatic heterocycles. The zero-order chi connectivity index (χ0) is 8.93. The first-order chi connectivity index (χ1) is 5.54. The molecule has 0 unspecified atom stereocenters. The molecule has 70 valence electrons. The van der Waals surface area contributed by atoms with E-state index < -0.39 is 24.0 Å². The van der Waals surface area contributed by atoms with Gasteiger partial charge in [0.15, 0.2) is 0 Å². The van der Waals surface area contributed by atoms with Crippen LogP contribution in [0.25, 0.3) is 0 Å². The van der Waals surface area contributed by atoms with Crippen LogP contribution in [0.5, 0.6) is 0 Å². The fourth-order valence-electron chi connectivity index (χ4n) is 2.04. The zero-order valence-electron chi connectivity index (χ0n) is 6.51. The third-order valence-electron chi connectivity index (χ3n) is 2.85. The van der Waals surface area contributed by atoms with E-state index in [1.165, 1.54) is 0 Å². The van der Waals surface area contributed by atoms with Gasteiger partial charge in [-0.1, -0.05) is 0 Å². The summed E-state index contributed by atoms with van der Waals surface area (Å²) in [6, 6.07) is -0.298. The first-order valence-corrected chi connectivity index (χ1v) is 4.09. The Morgan fingerprint density at radius 2 is 1.83 bits per heavy atom. The quantitative estimate of drug-likeness (QED) is 0.281. The van der Waals surface area contributed by atoms with Crippen molar-refractivity contribution in [2.24, 2.45) is 0 Å². The second kappa shape index (κ2) is 2.40. The molecule has 0 aromatic rings. The van der Waals surface area contributed by atoms with E-state index in [0.717, 1.165) is 0 Å². The normalized spacial score (nSPS) is 59.0. The Labute approximate surface area is 69.6 Å². The maximum Gasteiger partial charge on any atom is 0.145 e. The maximum absolute atomic E-state index is 9.65. The van der Waals surface area contributed by atoms with Gasteiger partial charge < -0.3 is 20.4 Å². The molecular weight excluding hydrogens is 162 g/mol. The molecule has 5 nitrogen and oxygen atoms in total. The van der Waals surface area contributed by atoms with E-state index >= 15 is 0 Å². The van der Waals surface area contributed by atoms with E-state index in [2.05, 4.69) is 5.32 Å². The highest BCUT2D eigenvalue weighted by atomic mass is 16.4. The summed E-state index contributed by atoms with van der Waals surface area (Å²) in [6.07, 6.45) is -2.59. The Hall–Kier alpha value is -0.200. The lowest BCUT2D eigenvalue weighted by atomic mass is 9.94. The summed E-state index contributed by atoms with van der Waals surface area (Å²) in [5, 5.41) is 40.4. The van der Waals surface area contributed by atoms with Crippen LogP contribution in [-0.2, 0) is 0 Å². The van der Waals surface area contributed by atoms with Gasteiger partial charge in [-0.05, 0) is 12.8 Å². The summed E-state index contributed by atoms with van der Waals surface area (Å²) < 4.78 is 0. The molecule has 2 bridgehead atoms. The Kier molecular flexibility index (Phi) is 1.68. The number of piperidine rings is 1. The third-order valence-corrected chi connectivity index (χ3v) is 2.85. The summed E-state index contributed by atoms with van der Waals surface area (Å²) in [5.74, 6) is 0. The fraction of sp³-hybridized carbons (Fsp3) is 1.00. The maximum atomic E-state index is 9.65. The molecule has 2 aliphatic rings. The van der Waals surface area contributed by atoms with E-state index in [1.807, 2.05) is 0 Å². The van der Waals surface area contributed by atoms with Crippen molar-refractivity contribution < 1.29 is 20.4 Å². The summed E-state index contributed by atoms with van der Waals surface area (Å²) in [6.45, 7) is 0. The van der Waals surface area contributed by atoms with Gasteiger partial charge in [0.05, 0.1) is 6.10 Å². The number of hydrogen-bond acceptors (Lipinski definition) is 5. The Morgan fingerprint density at radius 3 is 2.50 bits per heavy atom. The van der Waals surface area contributed by atoms with E-state index in [-0.39, 0.29) is 6.04 Å². The summed E-state index contributed by atoms with van der Waals surface area (Å²) in [4.78, 5) is 0. The van der Waals surface area contributed by atoms with Crippen LogP contribution in [0.4, 0.5) is 0 Å². The molecule has 5 atom stereocenters. The van der Waals surface area contributed by atoms with Gasteiger partial charge in [0.1, 0.15) is 17.9 Å². The molecule has 0 radical (unpaired) electrons. The molecular formula is C7H13NO4. The molecule has 5 N–H and O–H groups in total. The van der Waals surface area contributed by atoms with Gasteiger partial charge in [0.25, 0.3) is 0 Å². The fourth-order valence-corrected chi connectivity index (χ4v) is 2.04. The van der Waals surface area contributed by atoms with Crippen molar-refractivity contribution in [1.82, 2.24) is 5.32 Å². The Balaban J connectivity index is 2.25. The highest BCUT2D eigenvalue weighted by Crippen LogP contribution is 2.34. The standard InChI is InChI=1S/C7H13NO4/c9-4-3-1-2-7(12,8-3)6(11)5(4)10/h3-6,8-12H,1-2H2/t3-,4+,5+,6+,7-/m1/s1. The van der Waals surface area contributed by atoms with Crippen LogP contribution in [0.2, 0.25) is 0 Å². The van der Waals surface area contributed by atoms with Crippen molar-refractivity contribution in [3.8, 4) is 0 Å². The van der Waals surface area contributed by atoms with E-state index in [4.69, 9.17) is 0 Å². The summed E-state index contributed by atoms with van der Waals surface area (Å²) in [7, 11) is 0. The topological polar surface area (TPSA) is 93.0 Å². The number of nitrogens with one attached hydrogen (secondary N) is 1. The number of aliphatic hydroxyl groups excluding tert-OH is 3. The predicted molar refractivity (Wildman–Crippen MR) is 39.1 cm³/mol. The average molecular weight is 175 g/mol. The van der Waals surface area contributed by atoms with Crippen LogP contribution in [0.1, 0.15) is 12.8 Å². The molecule has 0 saturated carbocycles. The highest BCUT2D eigenvalue weighted by molar-refractivity contribution is 5.07. The van der Waals surface area contributed by atoms with Crippen molar-refractivity contribution in [2.45, 2.75) is 42.9 Å².